The number of pyridine rings is 1. The highest BCUT2D eigenvalue weighted by molar-refractivity contribution is 5.88. The number of nitrogens with zero attached hydrogens (tertiary/aromatic N) is 2. The van der Waals surface area contributed by atoms with Crippen LogP contribution in [0.15, 0.2) is 36.5 Å². The Hall–Kier alpha value is -2.41. The number of amides is 1. The second-order valence-corrected chi connectivity index (χ2v) is 7.74. The lowest BCUT2D eigenvalue weighted by Crippen LogP contribution is -2.47. The maximum atomic E-state index is 12.8. The lowest BCUT2D eigenvalue weighted by atomic mass is 9.95. The van der Waals surface area contributed by atoms with Gasteiger partial charge in [0.2, 0.25) is 5.91 Å². The van der Waals surface area contributed by atoms with Crippen molar-refractivity contribution >= 4 is 5.91 Å². The predicted octanol–water partition coefficient (Wildman–Crippen LogP) is 4.10. The van der Waals surface area contributed by atoms with Gasteiger partial charge in [-0.3, -0.25) is 15.1 Å². The van der Waals surface area contributed by atoms with Crippen LogP contribution in [0.3, 0.4) is 0 Å². The summed E-state index contributed by atoms with van der Waals surface area (Å²) in [7, 11) is 1.82. The van der Waals surface area contributed by atoms with E-state index in [1.54, 1.807) is 11.1 Å². The van der Waals surface area contributed by atoms with Crippen molar-refractivity contribution in [1.29, 1.82) is 0 Å². The van der Waals surface area contributed by atoms with Crippen molar-refractivity contribution in [2.24, 2.45) is 0 Å². The van der Waals surface area contributed by atoms with E-state index in [0.717, 1.165) is 60.3 Å². The van der Waals surface area contributed by atoms with E-state index < -0.39 is 17.3 Å². The Balaban J connectivity index is 1.62. The van der Waals surface area contributed by atoms with Gasteiger partial charge in [0.05, 0.1) is 17.3 Å². The highest BCUT2D eigenvalue weighted by Crippen LogP contribution is 2.40. The van der Waals surface area contributed by atoms with Crippen LogP contribution in [0.1, 0.15) is 42.1 Å². The van der Waals surface area contributed by atoms with E-state index in [2.05, 4.69) is 10.3 Å². The van der Waals surface area contributed by atoms with E-state index in [1.807, 2.05) is 20.0 Å². The summed E-state index contributed by atoms with van der Waals surface area (Å²) >= 11 is 0. The van der Waals surface area contributed by atoms with Gasteiger partial charge in [0.25, 0.3) is 0 Å². The minimum absolute atomic E-state index is 0.0372. The number of benzene rings is 1. The number of hydrogen-bond donors (Lipinski definition) is 1. The lowest BCUT2D eigenvalue weighted by Gasteiger charge is -2.24. The van der Waals surface area contributed by atoms with E-state index >= 15 is 0 Å². The van der Waals surface area contributed by atoms with Crippen LogP contribution in [0.5, 0.6) is 0 Å². The maximum Gasteiger partial charge on any atom is 0.416 e. The van der Waals surface area contributed by atoms with Crippen molar-refractivity contribution in [3.63, 3.8) is 0 Å². The number of rotatable bonds is 2. The van der Waals surface area contributed by atoms with Crippen LogP contribution in [0.2, 0.25) is 0 Å². The third-order valence-electron chi connectivity index (χ3n) is 6.04. The summed E-state index contributed by atoms with van der Waals surface area (Å²) in [5, 5.41) is 3.51. The summed E-state index contributed by atoms with van der Waals surface area (Å²) in [6, 6.07) is 6.97. The van der Waals surface area contributed by atoms with Gasteiger partial charge >= 0.3 is 6.18 Å². The van der Waals surface area contributed by atoms with Crippen molar-refractivity contribution in [1.82, 2.24) is 15.2 Å². The largest absolute Gasteiger partial charge is 0.416 e. The third-order valence-corrected chi connectivity index (χ3v) is 6.04. The van der Waals surface area contributed by atoms with Crippen molar-refractivity contribution in [2.75, 3.05) is 13.6 Å². The number of halogens is 3. The number of hydrogen-bond acceptors (Lipinski definition) is 3. The molecule has 0 radical (unpaired) electrons. The van der Waals surface area contributed by atoms with Crippen LogP contribution in [-0.4, -0.2) is 34.9 Å². The molecular weight excluding hydrogens is 367 g/mol. The Morgan fingerprint density at radius 1 is 1.18 bits per heavy atom. The van der Waals surface area contributed by atoms with Gasteiger partial charge in [0, 0.05) is 19.8 Å². The zero-order valence-corrected chi connectivity index (χ0v) is 15.8. The smallest absolute Gasteiger partial charge is 0.344 e. The molecular formula is C21H22F3N3O. The van der Waals surface area contributed by atoms with Gasteiger partial charge < -0.3 is 4.90 Å². The molecule has 0 aliphatic carbocycles. The van der Waals surface area contributed by atoms with E-state index in [-0.39, 0.29) is 11.9 Å². The number of likely N-dealkylation sites (tertiary alicyclic amines) is 1. The minimum Gasteiger partial charge on any atom is -0.344 e. The van der Waals surface area contributed by atoms with Gasteiger partial charge in [-0.1, -0.05) is 12.1 Å². The Morgan fingerprint density at radius 3 is 2.50 bits per heavy atom. The quantitative estimate of drug-likeness (QED) is 0.841. The van der Waals surface area contributed by atoms with E-state index in [4.69, 9.17) is 0 Å². The summed E-state index contributed by atoms with van der Waals surface area (Å²) in [4.78, 5) is 18.8. The Bertz CT molecular complexity index is 910. The number of alkyl halides is 3. The molecule has 148 valence electrons. The second-order valence-electron chi connectivity index (χ2n) is 7.74. The summed E-state index contributed by atoms with van der Waals surface area (Å²) in [5.41, 5.74) is 2.20. The molecule has 2 aliphatic rings. The molecule has 0 unspecified atom stereocenters. The van der Waals surface area contributed by atoms with Gasteiger partial charge in [-0.05, 0) is 61.1 Å². The fraction of sp³-hybridized carbons (Fsp3) is 0.429. The second kappa shape index (κ2) is 6.58. The van der Waals surface area contributed by atoms with E-state index in [1.165, 1.54) is 12.1 Å². The first kappa shape index (κ1) is 18.9. The molecule has 2 atom stereocenters. The molecule has 1 amide bonds. The highest BCUT2D eigenvalue weighted by Gasteiger charge is 2.50. The number of carbonyl (C=O) groups is 1. The van der Waals surface area contributed by atoms with Gasteiger partial charge in [-0.15, -0.1) is 0 Å². The molecule has 1 N–H and O–H groups in total. The van der Waals surface area contributed by atoms with Crippen LogP contribution in [-0.2, 0) is 11.0 Å². The number of carbonyl (C=O) groups excluding carboxylic acids is 1. The summed E-state index contributed by atoms with van der Waals surface area (Å²) < 4.78 is 38.5. The lowest BCUT2D eigenvalue weighted by molar-refractivity contribution is -0.137. The molecule has 4 rings (SSSR count). The number of aromatic nitrogens is 1. The van der Waals surface area contributed by atoms with Crippen LogP contribution in [0.4, 0.5) is 13.2 Å². The Labute approximate surface area is 161 Å². The van der Waals surface area contributed by atoms with Crippen molar-refractivity contribution in [3.05, 3.63) is 53.3 Å². The molecule has 3 heterocycles. The molecule has 28 heavy (non-hydrogen) atoms. The average Bonchev–Trinajstić information content (AvgIpc) is 3.21. The van der Waals surface area contributed by atoms with Crippen molar-refractivity contribution < 1.29 is 18.0 Å². The van der Waals surface area contributed by atoms with Gasteiger partial charge in [0.15, 0.2) is 0 Å². The SMILES string of the molecule is Cc1c(-c2ccc(C(F)(F)F)cc2)ccnc1[C@@H]1CC[C@@]2(CCN(C)C2=O)N1. The molecule has 2 aliphatic heterocycles. The molecule has 7 heteroatoms. The highest BCUT2D eigenvalue weighted by atomic mass is 19.4. The maximum absolute atomic E-state index is 12.8. The van der Waals surface area contributed by atoms with E-state index in [9.17, 15) is 18.0 Å². The molecule has 1 spiro atoms. The van der Waals surface area contributed by atoms with Gasteiger partial charge in [0.1, 0.15) is 5.54 Å². The van der Waals surface area contributed by atoms with Crippen LogP contribution < -0.4 is 5.32 Å². The zero-order chi connectivity index (χ0) is 20.1. The monoisotopic (exact) mass is 389 g/mol. The van der Waals surface area contributed by atoms with Gasteiger partial charge in [-0.25, -0.2) is 0 Å². The van der Waals surface area contributed by atoms with Crippen LogP contribution in [0.25, 0.3) is 11.1 Å². The summed E-state index contributed by atoms with van der Waals surface area (Å²) in [6.07, 6.45) is -0.294. The van der Waals surface area contributed by atoms with Crippen LogP contribution in [0, 0.1) is 6.92 Å². The molecule has 2 saturated heterocycles. The third kappa shape index (κ3) is 3.07. The summed E-state index contributed by atoms with van der Waals surface area (Å²) in [5.74, 6) is 0.131. The Morgan fingerprint density at radius 2 is 1.89 bits per heavy atom. The Kier molecular flexibility index (Phi) is 4.45. The molecule has 2 fully saturated rings. The molecule has 0 saturated carbocycles. The van der Waals surface area contributed by atoms with Crippen molar-refractivity contribution in [3.8, 4) is 11.1 Å². The minimum atomic E-state index is -4.35. The predicted molar refractivity (Wildman–Crippen MR) is 99.5 cm³/mol. The average molecular weight is 389 g/mol. The topological polar surface area (TPSA) is 45.2 Å². The van der Waals surface area contributed by atoms with E-state index in [0.29, 0.717) is 0 Å². The normalized spacial score (nSPS) is 25.1. The zero-order valence-electron chi connectivity index (χ0n) is 15.8. The first-order chi connectivity index (χ1) is 13.2. The molecule has 4 nitrogen and oxygen atoms in total. The number of likely N-dealkylation sites (N-methyl/N-ethyl adjacent to an activating group) is 1. The number of nitrogens with one attached hydrogen (secondary N) is 1. The molecule has 2 aromatic rings. The molecule has 1 aromatic carbocycles. The molecule has 0 bridgehead atoms. The molecule has 1 aromatic heterocycles. The fourth-order valence-electron chi connectivity index (χ4n) is 4.43. The summed E-state index contributed by atoms with van der Waals surface area (Å²) in [6.45, 7) is 2.68. The standard InChI is InChI=1S/C21H22F3N3O/c1-13-16(14-3-5-15(6-4-14)21(22,23)24)8-11-25-18(13)17-7-9-20(26-17)10-12-27(2)19(20)28/h3-6,8,11,17,26H,7,9-10,12H2,1-2H3/t17-,20-/m0/s1. The van der Waals surface area contributed by atoms with Crippen molar-refractivity contribution in [2.45, 2.75) is 43.9 Å². The van der Waals surface area contributed by atoms with Crippen LogP contribution >= 0.6 is 0 Å². The first-order valence-corrected chi connectivity index (χ1v) is 9.38. The first-order valence-electron chi connectivity index (χ1n) is 9.38. The fourth-order valence-corrected chi connectivity index (χ4v) is 4.43. The van der Waals surface area contributed by atoms with Gasteiger partial charge in [-0.2, -0.15) is 13.2 Å².